The van der Waals surface area contributed by atoms with Gasteiger partial charge >= 0.3 is 0 Å². The largest absolute Gasteiger partial charge is 0.360 e. The van der Waals surface area contributed by atoms with Gasteiger partial charge in [0.05, 0.1) is 12.2 Å². The Bertz CT molecular complexity index is 337. The molecule has 0 saturated carbocycles. The Kier molecular flexibility index (Phi) is 3.61. The van der Waals surface area contributed by atoms with Gasteiger partial charge in [0.15, 0.2) is 5.76 Å². The maximum Gasteiger partial charge on any atom is 0.151 e. The third-order valence-corrected chi connectivity index (χ3v) is 3.42. The minimum absolute atomic E-state index is 0.454. The molecule has 1 aliphatic rings. The van der Waals surface area contributed by atoms with Gasteiger partial charge in [-0.25, -0.2) is 0 Å². The van der Waals surface area contributed by atoms with Crippen molar-refractivity contribution in [3.05, 3.63) is 17.5 Å². The van der Waals surface area contributed by atoms with Crippen molar-refractivity contribution in [1.82, 2.24) is 10.1 Å². The summed E-state index contributed by atoms with van der Waals surface area (Å²) >= 11 is 0. The first-order valence-corrected chi connectivity index (χ1v) is 6.07. The van der Waals surface area contributed by atoms with Crippen LogP contribution < -0.4 is 5.73 Å². The van der Waals surface area contributed by atoms with Gasteiger partial charge in [-0.05, 0) is 25.7 Å². The molecule has 90 valence electrons. The molecule has 1 aromatic heterocycles. The molecule has 0 bridgehead atoms. The summed E-state index contributed by atoms with van der Waals surface area (Å²) in [5, 5.41) is 3.92. The highest BCUT2D eigenvalue weighted by molar-refractivity contribution is 5.05. The Labute approximate surface area is 96.8 Å². The summed E-state index contributed by atoms with van der Waals surface area (Å²) in [7, 11) is 0. The number of hydrogen-bond acceptors (Lipinski definition) is 4. The number of nitrogens with zero attached hydrogens (tertiary/aromatic N) is 2. The topological polar surface area (TPSA) is 55.3 Å². The van der Waals surface area contributed by atoms with Crippen molar-refractivity contribution in [2.24, 2.45) is 11.7 Å². The first kappa shape index (κ1) is 11.6. The van der Waals surface area contributed by atoms with Gasteiger partial charge in [0.2, 0.25) is 0 Å². The zero-order valence-corrected chi connectivity index (χ0v) is 10.1. The first-order valence-electron chi connectivity index (χ1n) is 6.07. The van der Waals surface area contributed by atoms with Crippen LogP contribution in [0.4, 0.5) is 0 Å². The molecular weight excluding hydrogens is 202 g/mol. The molecule has 0 amide bonds. The summed E-state index contributed by atoms with van der Waals surface area (Å²) in [5.74, 6) is 1.72. The van der Waals surface area contributed by atoms with Crippen molar-refractivity contribution >= 4 is 0 Å². The maximum absolute atomic E-state index is 5.51. The van der Waals surface area contributed by atoms with E-state index in [0.29, 0.717) is 12.6 Å². The molecule has 4 heteroatoms. The van der Waals surface area contributed by atoms with E-state index in [0.717, 1.165) is 30.5 Å². The van der Waals surface area contributed by atoms with Gasteiger partial charge in [0.1, 0.15) is 0 Å². The molecule has 1 fully saturated rings. The molecule has 1 aromatic rings. The summed E-state index contributed by atoms with van der Waals surface area (Å²) in [5.41, 5.74) is 6.35. The van der Waals surface area contributed by atoms with Gasteiger partial charge in [-0.15, -0.1) is 0 Å². The minimum atomic E-state index is 0.454. The lowest BCUT2D eigenvalue weighted by atomic mass is 9.95. The van der Waals surface area contributed by atoms with Gasteiger partial charge in [-0.1, -0.05) is 12.1 Å². The molecule has 0 radical (unpaired) electrons. The number of likely N-dealkylation sites (tertiary alicyclic amines) is 1. The fraction of sp³-hybridized carbons (Fsp3) is 0.750. The Hall–Kier alpha value is -0.870. The molecule has 2 rings (SSSR count). The van der Waals surface area contributed by atoms with Crippen LogP contribution in [0.25, 0.3) is 0 Å². The number of hydrogen-bond donors (Lipinski definition) is 1. The van der Waals surface area contributed by atoms with Crippen LogP contribution in [-0.4, -0.2) is 22.6 Å². The SMILES string of the molecule is CC1CCC(C)N(Cc2cc(CN)no2)C1. The second kappa shape index (κ2) is 4.97. The van der Waals surface area contributed by atoms with E-state index in [1.54, 1.807) is 0 Å². The summed E-state index contributed by atoms with van der Waals surface area (Å²) < 4.78 is 5.27. The number of nitrogens with two attached hydrogens (primary N) is 1. The van der Waals surface area contributed by atoms with Crippen molar-refractivity contribution in [2.45, 2.75) is 45.8 Å². The second-order valence-electron chi connectivity index (χ2n) is 4.95. The smallest absolute Gasteiger partial charge is 0.151 e. The predicted octanol–water partition coefficient (Wildman–Crippen LogP) is 1.75. The predicted molar refractivity (Wildman–Crippen MR) is 62.7 cm³/mol. The van der Waals surface area contributed by atoms with Crippen LogP contribution in [0.3, 0.4) is 0 Å². The third kappa shape index (κ3) is 2.62. The molecule has 4 nitrogen and oxygen atoms in total. The first-order chi connectivity index (χ1) is 7.69. The van der Waals surface area contributed by atoms with Crippen LogP contribution in [0.2, 0.25) is 0 Å². The van der Waals surface area contributed by atoms with Crippen LogP contribution in [-0.2, 0) is 13.1 Å². The number of piperidine rings is 1. The van der Waals surface area contributed by atoms with Gasteiger partial charge < -0.3 is 10.3 Å². The molecule has 1 aliphatic heterocycles. The normalized spacial score (nSPS) is 27.2. The highest BCUT2D eigenvalue weighted by atomic mass is 16.5. The highest BCUT2D eigenvalue weighted by Crippen LogP contribution is 2.23. The van der Waals surface area contributed by atoms with Gasteiger partial charge in [-0.2, -0.15) is 0 Å². The van der Waals surface area contributed by atoms with Gasteiger partial charge in [0, 0.05) is 25.2 Å². The zero-order chi connectivity index (χ0) is 11.5. The molecule has 16 heavy (non-hydrogen) atoms. The van der Waals surface area contributed by atoms with E-state index < -0.39 is 0 Å². The van der Waals surface area contributed by atoms with E-state index in [1.165, 1.54) is 12.8 Å². The molecule has 2 N–H and O–H groups in total. The van der Waals surface area contributed by atoms with E-state index in [2.05, 4.69) is 23.9 Å². The number of aromatic nitrogens is 1. The maximum atomic E-state index is 5.51. The van der Waals surface area contributed by atoms with Crippen LogP contribution >= 0.6 is 0 Å². The third-order valence-electron chi connectivity index (χ3n) is 3.42. The lowest BCUT2D eigenvalue weighted by molar-refractivity contribution is 0.106. The average molecular weight is 223 g/mol. The highest BCUT2D eigenvalue weighted by Gasteiger charge is 2.23. The molecule has 1 saturated heterocycles. The average Bonchev–Trinajstić information content (AvgIpc) is 2.71. The van der Waals surface area contributed by atoms with Crippen LogP contribution in [0.5, 0.6) is 0 Å². The lowest BCUT2D eigenvalue weighted by Gasteiger charge is -2.35. The van der Waals surface area contributed by atoms with Crippen LogP contribution in [0, 0.1) is 5.92 Å². The van der Waals surface area contributed by atoms with E-state index in [9.17, 15) is 0 Å². The summed E-state index contributed by atoms with van der Waals surface area (Å²) in [6, 6.07) is 2.61. The Balaban J connectivity index is 1.97. The van der Waals surface area contributed by atoms with Crippen molar-refractivity contribution in [1.29, 1.82) is 0 Å². The summed E-state index contributed by atoms with van der Waals surface area (Å²) in [4.78, 5) is 2.47. The summed E-state index contributed by atoms with van der Waals surface area (Å²) in [6.45, 7) is 7.06. The fourth-order valence-electron chi connectivity index (χ4n) is 2.33. The Morgan fingerprint density at radius 2 is 2.31 bits per heavy atom. The van der Waals surface area contributed by atoms with E-state index in [-0.39, 0.29) is 0 Å². The van der Waals surface area contributed by atoms with Gasteiger partial charge in [0.25, 0.3) is 0 Å². The van der Waals surface area contributed by atoms with E-state index >= 15 is 0 Å². The Morgan fingerprint density at radius 3 is 3.00 bits per heavy atom. The molecular formula is C12H21N3O. The summed E-state index contributed by atoms with van der Waals surface area (Å²) in [6.07, 6.45) is 2.61. The molecule has 2 atom stereocenters. The number of rotatable bonds is 3. The second-order valence-corrected chi connectivity index (χ2v) is 4.95. The lowest BCUT2D eigenvalue weighted by Crippen LogP contribution is -2.40. The Morgan fingerprint density at radius 1 is 1.50 bits per heavy atom. The quantitative estimate of drug-likeness (QED) is 0.848. The fourth-order valence-corrected chi connectivity index (χ4v) is 2.33. The standard InChI is InChI=1S/C12H21N3O/c1-9-3-4-10(2)15(7-9)8-12-5-11(6-13)14-16-12/h5,9-10H,3-4,6-8,13H2,1-2H3. The molecule has 0 aliphatic carbocycles. The van der Waals surface area contributed by atoms with Crippen molar-refractivity contribution in [3.63, 3.8) is 0 Å². The monoisotopic (exact) mass is 223 g/mol. The van der Waals surface area contributed by atoms with Gasteiger partial charge in [-0.3, -0.25) is 4.90 Å². The van der Waals surface area contributed by atoms with Crippen LogP contribution in [0.15, 0.2) is 10.6 Å². The molecule has 2 heterocycles. The zero-order valence-electron chi connectivity index (χ0n) is 10.1. The van der Waals surface area contributed by atoms with Crippen molar-refractivity contribution in [3.8, 4) is 0 Å². The minimum Gasteiger partial charge on any atom is -0.360 e. The molecule has 2 unspecified atom stereocenters. The molecule has 0 aromatic carbocycles. The van der Waals surface area contributed by atoms with Crippen LogP contribution in [0.1, 0.15) is 38.1 Å². The molecule has 0 spiro atoms. The van der Waals surface area contributed by atoms with Crippen molar-refractivity contribution < 1.29 is 4.52 Å². The van der Waals surface area contributed by atoms with Crippen molar-refractivity contribution in [2.75, 3.05) is 6.54 Å². The van der Waals surface area contributed by atoms with E-state index in [4.69, 9.17) is 10.3 Å². The van der Waals surface area contributed by atoms with E-state index in [1.807, 2.05) is 6.07 Å².